The molecule has 4 rings (SSSR count). The van der Waals surface area contributed by atoms with Crippen molar-refractivity contribution in [2.24, 2.45) is 0 Å². The van der Waals surface area contributed by atoms with Crippen LogP contribution in [0.15, 0.2) is 18.2 Å². The topological polar surface area (TPSA) is 102 Å². The molecule has 0 spiro atoms. The summed E-state index contributed by atoms with van der Waals surface area (Å²) in [5.74, 6) is 0.194. The lowest BCUT2D eigenvalue weighted by molar-refractivity contribution is -0.133. The number of piperidine rings is 2. The Hall–Kier alpha value is -2.44. The maximum atomic E-state index is 12.9. The average molecular weight is 704 g/mol. The van der Waals surface area contributed by atoms with E-state index in [9.17, 15) is 14.4 Å². The van der Waals surface area contributed by atoms with Gasteiger partial charge in [-0.2, -0.15) is 0 Å². The van der Waals surface area contributed by atoms with Crippen LogP contribution >= 0.6 is 0 Å². The summed E-state index contributed by atoms with van der Waals surface area (Å²) in [5, 5.41) is 2.73. The lowest BCUT2D eigenvalue weighted by Gasteiger charge is -2.32. The van der Waals surface area contributed by atoms with E-state index in [-0.39, 0.29) is 11.5 Å². The Morgan fingerprint density at radius 3 is 1.80 bits per heavy atom. The van der Waals surface area contributed by atoms with Crippen LogP contribution in [0, 0.1) is 0 Å². The number of unbranched alkanes of at least 4 members (excludes halogenated alkanes) is 2. The molecule has 2 fully saturated rings. The molecule has 0 saturated carbocycles. The fourth-order valence-electron chi connectivity index (χ4n) is 5.74. The van der Waals surface area contributed by atoms with Crippen LogP contribution < -0.4 is 5.32 Å². The number of ether oxygens (including phenoxy) is 1. The molecular weight excluding hydrogens is 630 g/mol. The number of rotatable bonds is 10. The summed E-state index contributed by atoms with van der Waals surface area (Å²) in [4.78, 5) is 50.5. The molecule has 11 heteroatoms. The highest BCUT2D eigenvalue weighted by Gasteiger charge is 2.21. The summed E-state index contributed by atoms with van der Waals surface area (Å²) >= 11 is 0. The van der Waals surface area contributed by atoms with Crippen molar-refractivity contribution in [1.82, 2.24) is 34.8 Å². The van der Waals surface area contributed by atoms with Gasteiger partial charge in [0, 0.05) is 72.6 Å². The number of hydrogen-bond acceptors (Lipinski definition) is 9. The molecule has 2 bridgehead atoms. The third kappa shape index (κ3) is 23.1. The standard InChI is InChI=1S/C23H36N6O3.C6H13N.C5H12O.C5H12/c30-16-15-27-13-11-26(10-7-24-20-31)12-14-28(18-22-6-4-5-21(17-27)25-22)19-23(32)29-8-2-1-3-9-29;1-7-5-3-2-4-6-7;1-5(2,3)6-4;1-3-5-4-2/h4-6,16,20H,1-3,7-15,17-19H2,(H,24,31);2-6H2,1H3;1-4H3;3-5H2,1-2H3. The van der Waals surface area contributed by atoms with Crippen LogP contribution in [-0.2, 0) is 32.2 Å². The molecule has 0 radical (unpaired) electrons. The second kappa shape index (κ2) is 28.2. The van der Waals surface area contributed by atoms with Gasteiger partial charge in [-0.25, -0.2) is 0 Å². The Kier molecular flexibility index (Phi) is 25.7. The van der Waals surface area contributed by atoms with E-state index < -0.39 is 0 Å². The number of pyridine rings is 1. The normalized spacial score (nSPS) is 18.3. The first-order valence-electron chi connectivity index (χ1n) is 19.3. The lowest BCUT2D eigenvalue weighted by Crippen LogP contribution is -2.46. The van der Waals surface area contributed by atoms with Gasteiger partial charge in [0.15, 0.2) is 0 Å². The lowest BCUT2D eigenvalue weighted by atomic mass is 10.1. The zero-order valence-corrected chi connectivity index (χ0v) is 33.0. The zero-order chi connectivity index (χ0) is 37.0. The van der Waals surface area contributed by atoms with E-state index in [0.29, 0.717) is 32.7 Å². The van der Waals surface area contributed by atoms with E-state index >= 15 is 0 Å². The number of methoxy groups -OCH3 is 1. The number of nitrogens with zero attached hydrogens (tertiary/aromatic N) is 6. The van der Waals surface area contributed by atoms with Gasteiger partial charge in [-0.1, -0.05) is 45.6 Å². The molecular formula is C39H73N7O4. The van der Waals surface area contributed by atoms with Crippen LogP contribution in [0.25, 0.3) is 0 Å². The largest absolute Gasteiger partial charge is 0.379 e. The molecule has 11 nitrogen and oxygen atoms in total. The van der Waals surface area contributed by atoms with Gasteiger partial charge in [0.05, 0.1) is 30.1 Å². The molecule has 2 amide bonds. The van der Waals surface area contributed by atoms with E-state index in [1.54, 1.807) is 7.11 Å². The second-order valence-corrected chi connectivity index (χ2v) is 14.6. The van der Waals surface area contributed by atoms with Crippen molar-refractivity contribution >= 4 is 18.6 Å². The molecule has 50 heavy (non-hydrogen) atoms. The Bertz CT molecular complexity index is 1010. The van der Waals surface area contributed by atoms with Crippen molar-refractivity contribution < 1.29 is 19.1 Å². The first-order valence-corrected chi connectivity index (χ1v) is 19.3. The molecule has 0 aliphatic carbocycles. The van der Waals surface area contributed by atoms with Gasteiger partial charge in [-0.15, -0.1) is 0 Å². The third-order valence-electron chi connectivity index (χ3n) is 9.06. The summed E-state index contributed by atoms with van der Waals surface area (Å²) in [7, 11) is 3.90. The molecule has 0 aromatic carbocycles. The van der Waals surface area contributed by atoms with Gasteiger partial charge in [0.25, 0.3) is 0 Å². The van der Waals surface area contributed by atoms with Gasteiger partial charge < -0.3 is 24.6 Å². The highest BCUT2D eigenvalue weighted by Crippen LogP contribution is 2.12. The van der Waals surface area contributed by atoms with Gasteiger partial charge in [0.1, 0.15) is 6.29 Å². The van der Waals surface area contributed by atoms with Gasteiger partial charge >= 0.3 is 0 Å². The van der Waals surface area contributed by atoms with Crippen LogP contribution in [0.1, 0.15) is 104 Å². The monoisotopic (exact) mass is 704 g/mol. The second-order valence-electron chi connectivity index (χ2n) is 14.6. The number of carbonyl (C=O) groups excluding carboxylic acids is 3. The van der Waals surface area contributed by atoms with Gasteiger partial charge in [0.2, 0.25) is 12.3 Å². The van der Waals surface area contributed by atoms with Crippen molar-refractivity contribution in [1.29, 1.82) is 0 Å². The van der Waals surface area contributed by atoms with Crippen LogP contribution in [0.5, 0.6) is 0 Å². The Morgan fingerprint density at radius 1 is 0.820 bits per heavy atom. The number of carbonyl (C=O) groups is 3. The number of likely N-dealkylation sites (tertiary alicyclic amines) is 2. The molecule has 0 unspecified atom stereocenters. The van der Waals surface area contributed by atoms with Crippen molar-refractivity contribution in [3.05, 3.63) is 29.6 Å². The fraction of sp³-hybridized carbons (Fsp3) is 0.795. The van der Waals surface area contributed by atoms with E-state index in [2.05, 4.69) is 45.8 Å². The van der Waals surface area contributed by atoms with E-state index in [1.165, 1.54) is 58.0 Å². The summed E-state index contributed by atoms with van der Waals surface area (Å²) in [6.07, 6.45) is 13.4. The molecule has 4 heterocycles. The molecule has 0 atom stereocenters. The molecule has 3 aliphatic rings. The summed E-state index contributed by atoms with van der Waals surface area (Å²) in [6.45, 7) is 21.2. The first kappa shape index (κ1) is 45.6. The predicted molar refractivity (Wildman–Crippen MR) is 205 cm³/mol. The molecule has 1 aromatic heterocycles. The van der Waals surface area contributed by atoms with Crippen LogP contribution in [-0.4, -0.2) is 146 Å². The Labute approximate surface area is 305 Å². The number of amides is 2. The summed E-state index contributed by atoms with van der Waals surface area (Å²) in [6, 6.07) is 6.00. The highest BCUT2D eigenvalue weighted by molar-refractivity contribution is 5.78. The predicted octanol–water partition coefficient (Wildman–Crippen LogP) is 4.69. The number of fused-ring (bicyclic) bond motifs is 2. The van der Waals surface area contributed by atoms with Crippen LogP contribution in [0.2, 0.25) is 0 Å². The molecule has 1 aromatic rings. The quantitative estimate of drug-likeness (QED) is 0.275. The minimum Gasteiger partial charge on any atom is -0.379 e. The van der Waals surface area contributed by atoms with Crippen LogP contribution in [0.4, 0.5) is 0 Å². The molecule has 288 valence electrons. The van der Waals surface area contributed by atoms with E-state index in [0.717, 1.165) is 82.7 Å². The van der Waals surface area contributed by atoms with Crippen molar-refractivity contribution in [3.63, 3.8) is 0 Å². The maximum absolute atomic E-state index is 12.9. The van der Waals surface area contributed by atoms with Crippen molar-refractivity contribution in [3.8, 4) is 0 Å². The van der Waals surface area contributed by atoms with E-state index in [4.69, 9.17) is 9.72 Å². The summed E-state index contributed by atoms with van der Waals surface area (Å²) in [5.41, 5.74) is 1.91. The minimum atomic E-state index is 0.0417. The Morgan fingerprint density at radius 2 is 1.34 bits per heavy atom. The van der Waals surface area contributed by atoms with E-state index in [1.807, 2.05) is 43.9 Å². The SMILES string of the molecule is CCCCC.CN1CCCCC1.COC(C)(C)C.O=CCN1CCN(CCNC=O)CCN(CC(=O)N2CCCCC2)Cc2cccc(n2)C1. The number of hydrogen-bond donors (Lipinski definition) is 1. The van der Waals surface area contributed by atoms with Crippen LogP contribution in [0.3, 0.4) is 0 Å². The average Bonchev–Trinajstić information content (AvgIpc) is 3.10. The minimum absolute atomic E-state index is 0.0417. The summed E-state index contributed by atoms with van der Waals surface area (Å²) < 4.78 is 4.94. The first-order chi connectivity index (χ1) is 24.0. The molecule has 3 aliphatic heterocycles. The number of aldehydes is 1. The number of nitrogens with one attached hydrogen (secondary N) is 1. The zero-order valence-electron chi connectivity index (χ0n) is 33.0. The Balaban J connectivity index is 0.000000564. The maximum Gasteiger partial charge on any atom is 0.236 e. The molecule has 1 N–H and O–H groups in total. The third-order valence-corrected chi connectivity index (χ3v) is 9.06. The fourth-order valence-corrected chi connectivity index (χ4v) is 5.74. The molecule has 2 saturated heterocycles. The van der Waals surface area contributed by atoms with Crippen molar-refractivity contribution in [2.45, 2.75) is 111 Å². The van der Waals surface area contributed by atoms with Crippen molar-refractivity contribution in [2.75, 3.05) is 92.7 Å². The number of aromatic nitrogens is 1. The van der Waals surface area contributed by atoms with Gasteiger partial charge in [-0.3, -0.25) is 29.3 Å². The highest BCUT2D eigenvalue weighted by atomic mass is 16.5. The van der Waals surface area contributed by atoms with Gasteiger partial charge in [-0.05, 0) is 85.1 Å². The smallest absolute Gasteiger partial charge is 0.236 e.